The summed E-state index contributed by atoms with van der Waals surface area (Å²) in [7, 11) is 0. The van der Waals surface area contributed by atoms with E-state index < -0.39 is 11.7 Å². The van der Waals surface area contributed by atoms with Crippen molar-refractivity contribution in [2.75, 3.05) is 5.73 Å². The summed E-state index contributed by atoms with van der Waals surface area (Å²) >= 11 is 2.03. The van der Waals surface area contributed by atoms with E-state index in [-0.39, 0.29) is 11.6 Å². The normalized spacial score (nSPS) is 11.7. The number of halogens is 4. The zero-order valence-electron chi connectivity index (χ0n) is 10.5. The number of hydrogen-bond donors (Lipinski definition) is 1. The van der Waals surface area contributed by atoms with Crippen molar-refractivity contribution in [1.29, 1.82) is 0 Å². The van der Waals surface area contributed by atoms with E-state index in [0.29, 0.717) is 12.0 Å². The molecule has 1 aromatic heterocycles. The van der Waals surface area contributed by atoms with Gasteiger partial charge in [0.25, 0.3) is 0 Å². The molecule has 0 aliphatic carbocycles. The number of nitrogen functional groups attached to an aromatic ring is 1. The summed E-state index contributed by atoms with van der Waals surface area (Å²) in [5.41, 5.74) is 6.08. The standard InChI is InChI=1S/C13H11F3IN3/c1-2-9-10(17)11(18)20-12(19-9)7-4-3-5-8(6-7)13(14,15)16/h3-6H,2H2,1H3,(H2,18,19,20). The van der Waals surface area contributed by atoms with Gasteiger partial charge in [-0.25, -0.2) is 9.97 Å². The number of benzene rings is 1. The van der Waals surface area contributed by atoms with E-state index in [1.165, 1.54) is 12.1 Å². The maximum absolute atomic E-state index is 12.7. The third kappa shape index (κ3) is 3.02. The molecule has 0 spiro atoms. The highest BCUT2D eigenvalue weighted by molar-refractivity contribution is 14.1. The van der Waals surface area contributed by atoms with Gasteiger partial charge in [0.15, 0.2) is 5.82 Å². The zero-order valence-corrected chi connectivity index (χ0v) is 12.7. The minimum atomic E-state index is -4.39. The highest BCUT2D eigenvalue weighted by Crippen LogP contribution is 2.32. The third-order valence-corrected chi connectivity index (χ3v) is 3.90. The second-order valence-corrected chi connectivity index (χ2v) is 5.20. The van der Waals surface area contributed by atoms with Gasteiger partial charge in [-0.05, 0) is 41.1 Å². The van der Waals surface area contributed by atoms with Crippen molar-refractivity contribution in [3.8, 4) is 11.4 Å². The van der Waals surface area contributed by atoms with Crippen LogP contribution in [0.3, 0.4) is 0 Å². The average Bonchev–Trinajstić information content (AvgIpc) is 2.41. The van der Waals surface area contributed by atoms with Crippen LogP contribution in [0.25, 0.3) is 11.4 Å². The van der Waals surface area contributed by atoms with Crippen molar-refractivity contribution in [3.05, 3.63) is 39.1 Å². The molecule has 2 aromatic rings. The lowest BCUT2D eigenvalue weighted by atomic mass is 10.1. The van der Waals surface area contributed by atoms with Gasteiger partial charge in [0, 0.05) is 5.56 Å². The minimum absolute atomic E-state index is 0.214. The van der Waals surface area contributed by atoms with Crippen LogP contribution in [0, 0.1) is 3.57 Å². The van der Waals surface area contributed by atoms with Crippen molar-refractivity contribution >= 4 is 28.4 Å². The first kappa shape index (κ1) is 15.0. The minimum Gasteiger partial charge on any atom is -0.383 e. The molecule has 1 heterocycles. The lowest BCUT2D eigenvalue weighted by Gasteiger charge is -2.10. The summed E-state index contributed by atoms with van der Waals surface area (Å²) in [5, 5.41) is 0. The molecule has 106 valence electrons. The fourth-order valence-electron chi connectivity index (χ4n) is 1.71. The molecule has 3 nitrogen and oxygen atoms in total. The highest BCUT2D eigenvalue weighted by atomic mass is 127. The molecular weight excluding hydrogens is 382 g/mol. The number of rotatable bonds is 2. The number of aromatic nitrogens is 2. The highest BCUT2D eigenvalue weighted by Gasteiger charge is 2.30. The topological polar surface area (TPSA) is 51.8 Å². The Balaban J connectivity index is 2.55. The van der Waals surface area contributed by atoms with Gasteiger partial charge in [-0.3, -0.25) is 0 Å². The van der Waals surface area contributed by atoms with Crippen LogP contribution in [0.2, 0.25) is 0 Å². The fourth-order valence-corrected chi connectivity index (χ4v) is 2.33. The van der Waals surface area contributed by atoms with Crippen LogP contribution >= 0.6 is 22.6 Å². The number of nitrogens with zero attached hydrogens (tertiary/aromatic N) is 2. The number of aryl methyl sites for hydroxylation is 1. The Morgan fingerprint density at radius 3 is 2.55 bits per heavy atom. The largest absolute Gasteiger partial charge is 0.416 e. The molecule has 0 bridgehead atoms. The fraction of sp³-hybridized carbons (Fsp3) is 0.231. The van der Waals surface area contributed by atoms with Crippen molar-refractivity contribution in [2.45, 2.75) is 19.5 Å². The van der Waals surface area contributed by atoms with E-state index in [2.05, 4.69) is 9.97 Å². The predicted octanol–water partition coefficient (Wildman–Crippen LogP) is 3.91. The van der Waals surface area contributed by atoms with E-state index in [1.54, 1.807) is 0 Å². The van der Waals surface area contributed by atoms with E-state index in [1.807, 2.05) is 29.5 Å². The van der Waals surface area contributed by atoms with E-state index in [9.17, 15) is 13.2 Å². The maximum atomic E-state index is 12.7. The summed E-state index contributed by atoms with van der Waals surface area (Å²) in [5.74, 6) is 0.496. The third-order valence-electron chi connectivity index (χ3n) is 2.73. The first-order chi connectivity index (χ1) is 9.32. The second-order valence-electron chi connectivity index (χ2n) is 4.13. The van der Waals surface area contributed by atoms with Gasteiger partial charge < -0.3 is 5.73 Å². The molecule has 2 N–H and O–H groups in total. The van der Waals surface area contributed by atoms with Crippen LogP contribution < -0.4 is 5.73 Å². The maximum Gasteiger partial charge on any atom is 0.416 e. The molecule has 0 fully saturated rings. The Bertz CT molecular complexity index is 641. The summed E-state index contributed by atoms with van der Waals surface area (Å²) in [4.78, 5) is 8.35. The average molecular weight is 393 g/mol. The van der Waals surface area contributed by atoms with Gasteiger partial charge in [0.2, 0.25) is 0 Å². The van der Waals surface area contributed by atoms with Crippen LogP contribution in [0.4, 0.5) is 19.0 Å². The Labute approximate surface area is 127 Å². The van der Waals surface area contributed by atoms with Crippen LogP contribution in [0.1, 0.15) is 18.2 Å². The Morgan fingerprint density at radius 2 is 1.95 bits per heavy atom. The Kier molecular flexibility index (Phi) is 4.17. The smallest absolute Gasteiger partial charge is 0.383 e. The van der Waals surface area contributed by atoms with Crippen molar-refractivity contribution in [2.24, 2.45) is 0 Å². The molecule has 0 radical (unpaired) electrons. The molecule has 7 heteroatoms. The van der Waals surface area contributed by atoms with E-state index in [0.717, 1.165) is 21.4 Å². The summed E-state index contributed by atoms with van der Waals surface area (Å²) < 4.78 is 38.9. The van der Waals surface area contributed by atoms with E-state index >= 15 is 0 Å². The lowest BCUT2D eigenvalue weighted by molar-refractivity contribution is -0.137. The van der Waals surface area contributed by atoms with Crippen molar-refractivity contribution < 1.29 is 13.2 Å². The van der Waals surface area contributed by atoms with Crippen LogP contribution in [0.15, 0.2) is 24.3 Å². The zero-order chi connectivity index (χ0) is 14.9. The molecule has 0 saturated heterocycles. The summed E-state index contributed by atoms with van der Waals surface area (Å²) in [6, 6.07) is 4.92. The summed E-state index contributed by atoms with van der Waals surface area (Å²) in [6.45, 7) is 1.90. The molecule has 0 atom stereocenters. The van der Waals surface area contributed by atoms with Crippen molar-refractivity contribution in [3.63, 3.8) is 0 Å². The van der Waals surface area contributed by atoms with Crippen LogP contribution in [-0.2, 0) is 12.6 Å². The van der Waals surface area contributed by atoms with Gasteiger partial charge in [-0.15, -0.1) is 0 Å². The molecular formula is C13H11F3IN3. The predicted molar refractivity (Wildman–Crippen MR) is 79.0 cm³/mol. The molecule has 2 rings (SSSR count). The Hall–Kier alpha value is -1.38. The number of alkyl halides is 3. The molecule has 1 aromatic carbocycles. The van der Waals surface area contributed by atoms with Gasteiger partial charge >= 0.3 is 6.18 Å². The first-order valence-electron chi connectivity index (χ1n) is 5.82. The first-order valence-corrected chi connectivity index (χ1v) is 6.90. The molecule has 0 unspecified atom stereocenters. The SMILES string of the molecule is CCc1nc(-c2cccc(C(F)(F)F)c2)nc(N)c1I. The Morgan fingerprint density at radius 1 is 1.25 bits per heavy atom. The lowest BCUT2D eigenvalue weighted by Crippen LogP contribution is -2.07. The second kappa shape index (κ2) is 5.55. The quantitative estimate of drug-likeness (QED) is 0.788. The molecule has 0 saturated carbocycles. The van der Waals surface area contributed by atoms with Crippen LogP contribution in [0.5, 0.6) is 0 Å². The number of hydrogen-bond acceptors (Lipinski definition) is 3. The monoisotopic (exact) mass is 393 g/mol. The molecule has 0 amide bonds. The van der Waals surface area contributed by atoms with E-state index in [4.69, 9.17) is 5.73 Å². The van der Waals surface area contributed by atoms with Gasteiger partial charge in [-0.2, -0.15) is 13.2 Å². The van der Waals surface area contributed by atoms with Crippen molar-refractivity contribution in [1.82, 2.24) is 9.97 Å². The van der Waals surface area contributed by atoms with Crippen LogP contribution in [-0.4, -0.2) is 9.97 Å². The van der Waals surface area contributed by atoms with Gasteiger partial charge in [-0.1, -0.05) is 19.1 Å². The number of nitrogens with two attached hydrogens (primary N) is 1. The van der Waals surface area contributed by atoms with Gasteiger partial charge in [0.05, 0.1) is 14.8 Å². The summed E-state index contributed by atoms with van der Waals surface area (Å²) in [6.07, 6.45) is -3.75. The molecule has 0 aliphatic rings. The number of anilines is 1. The molecule has 0 aliphatic heterocycles. The molecule has 20 heavy (non-hydrogen) atoms. The van der Waals surface area contributed by atoms with Gasteiger partial charge in [0.1, 0.15) is 5.82 Å².